The molecule has 0 bridgehead atoms. The molecule has 0 atom stereocenters. The molecule has 0 saturated carbocycles. The Labute approximate surface area is 104 Å². The molecule has 0 radical (unpaired) electrons. The van der Waals surface area contributed by atoms with Gasteiger partial charge >= 0.3 is 59.0 Å². The zero-order chi connectivity index (χ0) is 6.50. The van der Waals surface area contributed by atoms with Crippen LogP contribution in [0.1, 0.15) is 0 Å². The smallest absolute Gasteiger partial charge is 1.00 e. The molecule has 94 valence electrons. The standard InChI is InChI=1S/CH5N.Na.H2O4Se.6H2O/c1-2;;1-5(2,3)4;;;;;;/h2H2,1H3;;(H2,1,2,3,4);6*1H2/q;+1;;;;;;;/p-1. The summed E-state index contributed by atoms with van der Waals surface area (Å²) in [4.78, 5) is 0. The van der Waals surface area contributed by atoms with Crippen LogP contribution in [0.15, 0.2) is 0 Å². The van der Waals surface area contributed by atoms with Crippen molar-refractivity contribution in [1.82, 2.24) is 0 Å². The molecule has 14 heavy (non-hydrogen) atoms. The van der Waals surface area contributed by atoms with E-state index in [9.17, 15) is 0 Å². The summed E-state index contributed by atoms with van der Waals surface area (Å²) in [7, 11) is 1.75. The Kier molecular flexibility index (Phi) is 295. The summed E-state index contributed by atoms with van der Waals surface area (Å²) in [5, 5.41) is 0. The number of quaternary nitrogens is 1. The van der Waals surface area contributed by atoms with Gasteiger partial charge in [0.05, 0.1) is 7.05 Å². The Morgan fingerprint density at radius 2 is 0.786 bits per heavy atom. The first kappa shape index (κ1) is 84.2. The van der Waals surface area contributed by atoms with Gasteiger partial charge in [-0.15, -0.1) is 0 Å². The maximum atomic E-state index is 8.59. The van der Waals surface area contributed by atoms with E-state index in [4.69, 9.17) is 16.0 Å². The summed E-state index contributed by atoms with van der Waals surface area (Å²) in [6, 6.07) is 0. The maximum absolute atomic E-state index is 8.59. The Balaban J connectivity index is -0.00000000377. The average Bonchev–Trinajstić information content (AvgIpc) is 1.36. The third-order valence-electron chi connectivity index (χ3n) is 0. The predicted octanol–water partition coefficient (Wildman–Crippen LogP) is -12.1. The molecule has 0 aliphatic carbocycles. The van der Waals surface area contributed by atoms with Crippen molar-refractivity contribution >= 4 is 13.4 Å². The average molecular weight is 306 g/mol. The van der Waals surface area contributed by atoms with Crippen molar-refractivity contribution < 1.29 is 84.2 Å². The Morgan fingerprint density at radius 1 is 0.786 bits per heavy atom. The van der Waals surface area contributed by atoms with E-state index in [0.717, 1.165) is 0 Å². The zero-order valence-corrected chi connectivity index (χ0v) is 11.5. The number of rotatable bonds is 0. The van der Waals surface area contributed by atoms with Crippen LogP contribution in [0.4, 0.5) is 0 Å². The van der Waals surface area contributed by atoms with Gasteiger partial charge in [-0.25, -0.2) is 0 Å². The summed E-state index contributed by atoms with van der Waals surface area (Å²) in [6.45, 7) is 0. The van der Waals surface area contributed by atoms with E-state index in [2.05, 4.69) is 5.73 Å². The van der Waals surface area contributed by atoms with Gasteiger partial charge in [0.25, 0.3) is 0 Å². The monoisotopic (exact) mass is 307 g/mol. The molecule has 0 aromatic heterocycles. The molecule has 13 heteroatoms. The van der Waals surface area contributed by atoms with Crippen LogP contribution in [0, 0.1) is 0 Å². The molecule has 0 aliphatic rings. The van der Waals surface area contributed by atoms with Gasteiger partial charge in [0.1, 0.15) is 0 Å². The van der Waals surface area contributed by atoms with Gasteiger partial charge in [-0.1, -0.05) is 0 Å². The molecular formula is CH18NNaO10Se. The fraction of sp³-hybridized carbons (Fsp3) is 1.00. The minimum atomic E-state index is -5.75. The molecule has 0 aromatic rings. The minimum Gasteiger partial charge on any atom is 1.00 e. The quantitative estimate of drug-likeness (QED) is 0.425. The van der Waals surface area contributed by atoms with Crippen LogP contribution in [0.5, 0.6) is 0 Å². The van der Waals surface area contributed by atoms with Crippen molar-refractivity contribution in [2.75, 3.05) is 7.05 Å². The fourth-order valence-corrected chi connectivity index (χ4v) is 0. The van der Waals surface area contributed by atoms with Gasteiger partial charge in [0.15, 0.2) is 0 Å². The van der Waals surface area contributed by atoms with E-state index in [1.807, 2.05) is 0 Å². The molecule has 0 heterocycles. The molecule has 15 N–H and O–H groups in total. The van der Waals surface area contributed by atoms with E-state index in [1.165, 1.54) is 0 Å². The van der Waals surface area contributed by atoms with Crippen molar-refractivity contribution in [1.29, 1.82) is 0 Å². The van der Waals surface area contributed by atoms with Crippen LogP contribution in [-0.2, 0) is 7.67 Å². The molecule has 0 spiro atoms. The van der Waals surface area contributed by atoms with Crippen LogP contribution >= 0.6 is 0 Å². The van der Waals surface area contributed by atoms with Crippen molar-refractivity contribution in [2.24, 2.45) is 0 Å². The fourth-order valence-electron chi connectivity index (χ4n) is 0. The second-order valence-corrected chi connectivity index (χ2v) is 2.12. The SMILES string of the molecule is C[NH3+].O.O.O.O.O.O.O=[Se](=O)([O-])[O-].[Na+]. The number of hydrogen-bond donors (Lipinski definition) is 1. The molecule has 0 aromatic carbocycles. The van der Waals surface area contributed by atoms with Crippen LogP contribution < -0.4 is 43.7 Å². The van der Waals surface area contributed by atoms with Crippen molar-refractivity contribution in [3.8, 4) is 0 Å². The first-order valence-electron chi connectivity index (χ1n) is 1.37. The summed E-state index contributed by atoms with van der Waals surface area (Å²) < 4.78 is 34.4. The van der Waals surface area contributed by atoms with E-state index in [-0.39, 0.29) is 62.4 Å². The van der Waals surface area contributed by atoms with Crippen molar-refractivity contribution in [3.05, 3.63) is 0 Å². The van der Waals surface area contributed by atoms with Gasteiger partial charge in [-0.05, 0) is 0 Å². The zero-order valence-electron chi connectivity index (χ0n) is 7.75. The van der Waals surface area contributed by atoms with E-state index < -0.39 is 13.4 Å². The van der Waals surface area contributed by atoms with E-state index >= 15 is 0 Å². The largest absolute Gasteiger partial charge is 1.00 e. The number of hydrogen-bond acceptors (Lipinski definition) is 4. The van der Waals surface area contributed by atoms with Gasteiger partial charge in [-0.2, -0.15) is 0 Å². The van der Waals surface area contributed by atoms with Crippen LogP contribution in [0.3, 0.4) is 0 Å². The molecule has 0 fully saturated rings. The topological polar surface area (TPSA) is 297 Å². The second kappa shape index (κ2) is 49.0. The van der Waals surface area contributed by atoms with Gasteiger partial charge < -0.3 is 38.6 Å². The Hall–Kier alpha value is 0.759. The molecular weight excluding hydrogens is 288 g/mol. The summed E-state index contributed by atoms with van der Waals surface area (Å²) in [5.41, 5.74) is 3.25. The third-order valence-corrected chi connectivity index (χ3v) is 0. The molecule has 0 saturated heterocycles. The van der Waals surface area contributed by atoms with E-state index in [0.29, 0.717) is 0 Å². The minimum absolute atomic E-state index is 0. The van der Waals surface area contributed by atoms with Crippen LogP contribution in [0.2, 0.25) is 0 Å². The van der Waals surface area contributed by atoms with Crippen LogP contribution in [0.25, 0.3) is 0 Å². The summed E-state index contributed by atoms with van der Waals surface area (Å²) >= 11 is -5.75. The molecule has 11 nitrogen and oxygen atoms in total. The summed E-state index contributed by atoms with van der Waals surface area (Å²) in [6.07, 6.45) is 0. The molecule has 0 aliphatic heterocycles. The third kappa shape index (κ3) is 3060. The van der Waals surface area contributed by atoms with Gasteiger partial charge in [0, 0.05) is 0 Å². The Morgan fingerprint density at radius 3 is 0.786 bits per heavy atom. The molecule has 0 unspecified atom stereocenters. The Bertz CT molecular complexity index is 103. The van der Waals surface area contributed by atoms with Crippen molar-refractivity contribution in [2.45, 2.75) is 0 Å². The normalized spacial score (nSPS) is 4.57. The second-order valence-electron chi connectivity index (χ2n) is 0.408. The molecule has 0 amide bonds. The van der Waals surface area contributed by atoms with E-state index in [1.54, 1.807) is 7.05 Å². The molecule has 0 rings (SSSR count). The van der Waals surface area contributed by atoms with Crippen molar-refractivity contribution in [3.63, 3.8) is 0 Å². The van der Waals surface area contributed by atoms with Gasteiger partial charge in [0.2, 0.25) is 0 Å². The predicted molar refractivity (Wildman–Crippen MR) is 37.6 cm³/mol. The first-order valence-corrected chi connectivity index (χ1v) is 4.17. The maximum Gasteiger partial charge on any atom is 1.00 e. The van der Waals surface area contributed by atoms with Gasteiger partial charge in [-0.3, -0.25) is 0 Å². The van der Waals surface area contributed by atoms with Crippen LogP contribution in [-0.4, -0.2) is 53.3 Å². The first-order chi connectivity index (χ1) is 3.00. The summed E-state index contributed by atoms with van der Waals surface area (Å²) in [5.74, 6) is 0.